The van der Waals surface area contributed by atoms with Crippen molar-refractivity contribution in [2.75, 3.05) is 25.0 Å². The summed E-state index contributed by atoms with van der Waals surface area (Å²) in [6.45, 7) is 3.60. The van der Waals surface area contributed by atoms with Crippen molar-refractivity contribution in [3.8, 4) is 0 Å². The van der Waals surface area contributed by atoms with Gasteiger partial charge in [0.15, 0.2) is 5.82 Å². The van der Waals surface area contributed by atoms with E-state index in [1.54, 1.807) is 13.0 Å². The zero-order valence-electron chi connectivity index (χ0n) is 14.6. The molecule has 2 N–H and O–H groups in total. The van der Waals surface area contributed by atoms with Gasteiger partial charge in [-0.05, 0) is 32.7 Å². The van der Waals surface area contributed by atoms with Gasteiger partial charge in [0.1, 0.15) is 11.5 Å². The Bertz CT molecular complexity index is 748. The first kappa shape index (κ1) is 18.0. The van der Waals surface area contributed by atoms with Crippen molar-refractivity contribution in [3.63, 3.8) is 0 Å². The summed E-state index contributed by atoms with van der Waals surface area (Å²) in [5.41, 5.74) is 0.316. The number of hydrogen-bond acceptors (Lipinski definition) is 7. The standard InChI is InChI=1S/C17H22N6O3/c1-12-9-15(22-26-12)21-16(24)11-23-7-2-3-13(4-8-23)20-17(25)14-10-18-5-6-19-14/h5-6,9-10,13H,2-4,7-8,11H2,1H3,(H,20,25)(H,21,22,24)/t13-/m1/s1. The molecule has 3 heterocycles. The van der Waals surface area contributed by atoms with Crippen LogP contribution in [0.4, 0.5) is 5.82 Å². The third-order valence-corrected chi connectivity index (χ3v) is 4.21. The molecule has 1 aliphatic rings. The fourth-order valence-corrected chi connectivity index (χ4v) is 2.94. The van der Waals surface area contributed by atoms with Gasteiger partial charge >= 0.3 is 0 Å². The molecule has 3 rings (SSSR count). The molecule has 9 heteroatoms. The summed E-state index contributed by atoms with van der Waals surface area (Å²) >= 11 is 0. The van der Waals surface area contributed by atoms with Crippen molar-refractivity contribution in [1.82, 2.24) is 25.3 Å². The minimum atomic E-state index is -0.212. The first-order chi connectivity index (χ1) is 12.6. The molecule has 2 aromatic heterocycles. The number of carbonyl (C=O) groups is 2. The number of rotatable bonds is 5. The van der Waals surface area contributed by atoms with Gasteiger partial charge in [0, 0.05) is 31.0 Å². The number of carbonyl (C=O) groups excluding carboxylic acids is 2. The number of aryl methyl sites for hydroxylation is 1. The normalized spacial score (nSPS) is 18.1. The molecule has 0 spiro atoms. The molecule has 1 atom stereocenters. The van der Waals surface area contributed by atoms with Crippen LogP contribution in [-0.4, -0.2) is 57.5 Å². The Labute approximate surface area is 151 Å². The number of anilines is 1. The molecule has 0 aliphatic carbocycles. The summed E-state index contributed by atoms with van der Waals surface area (Å²) in [4.78, 5) is 34.3. The van der Waals surface area contributed by atoms with Gasteiger partial charge in [0.2, 0.25) is 5.91 Å². The Morgan fingerprint density at radius 2 is 2.19 bits per heavy atom. The lowest BCUT2D eigenvalue weighted by atomic mass is 10.1. The van der Waals surface area contributed by atoms with Gasteiger partial charge in [0.25, 0.3) is 5.91 Å². The lowest BCUT2D eigenvalue weighted by molar-refractivity contribution is -0.117. The molecular formula is C17H22N6O3. The molecule has 1 fully saturated rings. The van der Waals surface area contributed by atoms with E-state index in [2.05, 4.69) is 30.7 Å². The molecule has 26 heavy (non-hydrogen) atoms. The Kier molecular flexibility index (Phi) is 5.90. The number of amides is 2. The molecule has 2 aromatic rings. The molecule has 0 unspecified atom stereocenters. The van der Waals surface area contributed by atoms with Gasteiger partial charge < -0.3 is 15.2 Å². The van der Waals surface area contributed by atoms with E-state index in [1.165, 1.54) is 18.6 Å². The van der Waals surface area contributed by atoms with Crippen LogP contribution in [0.15, 0.2) is 29.2 Å². The van der Waals surface area contributed by atoms with E-state index in [4.69, 9.17) is 4.52 Å². The number of aromatic nitrogens is 3. The molecule has 0 bridgehead atoms. The van der Waals surface area contributed by atoms with E-state index in [0.717, 1.165) is 32.4 Å². The second-order valence-corrected chi connectivity index (χ2v) is 6.34. The second-order valence-electron chi connectivity index (χ2n) is 6.34. The summed E-state index contributed by atoms with van der Waals surface area (Å²) in [5, 5.41) is 9.48. The number of likely N-dealkylation sites (tertiary alicyclic amines) is 1. The predicted molar refractivity (Wildman–Crippen MR) is 93.4 cm³/mol. The van der Waals surface area contributed by atoms with Crippen LogP contribution in [0, 0.1) is 6.92 Å². The Morgan fingerprint density at radius 3 is 2.92 bits per heavy atom. The van der Waals surface area contributed by atoms with Crippen molar-refractivity contribution in [1.29, 1.82) is 0 Å². The van der Waals surface area contributed by atoms with Crippen molar-refractivity contribution < 1.29 is 14.1 Å². The maximum absolute atomic E-state index is 12.2. The first-order valence-corrected chi connectivity index (χ1v) is 8.62. The van der Waals surface area contributed by atoms with Crippen molar-refractivity contribution >= 4 is 17.6 Å². The fourth-order valence-electron chi connectivity index (χ4n) is 2.94. The average Bonchev–Trinajstić information content (AvgIpc) is 2.91. The summed E-state index contributed by atoms with van der Waals surface area (Å²) in [6, 6.07) is 1.74. The average molecular weight is 358 g/mol. The second kappa shape index (κ2) is 8.52. The number of nitrogens with zero attached hydrogens (tertiary/aromatic N) is 4. The number of nitrogens with one attached hydrogen (secondary N) is 2. The summed E-state index contributed by atoms with van der Waals surface area (Å²) in [5.74, 6) is 0.740. The summed E-state index contributed by atoms with van der Waals surface area (Å²) in [7, 11) is 0. The lowest BCUT2D eigenvalue weighted by Gasteiger charge is -2.19. The van der Waals surface area contributed by atoms with Gasteiger partial charge in [-0.25, -0.2) is 4.98 Å². The van der Waals surface area contributed by atoms with Crippen LogP contribution >= 0.6 is 0 Å². The smallest absolute Gasteiger partial charge is 0.271 e. The Morgan fingerprint density at radius 1 is 1.31 bits per heavy atom. The Balaban J connectivity index is 1.45. The monoisotopic (exact) mass is 358 g/mol. The van der Waals surface area contributed by atoms with Gasteiger partial charge in [-0.3, -0.25) is 19.5 Å². The van der Waals surface area contributed by atoms with Gasteiger partial charge in [-0.1, -0.05) is 5.16 Å². The quantitative estimate of drug-likeness (QED) is 0.819. The number of hydrogen-bond donors (Lipinski definition) is 2. The van der Waals surface area contributed by atoms with Crippen LogP contribution in [0.1, 0.15) is 35.5 Å². The van der Waals surface area contributed by atoms with E-state index in [0.29, 0.717) is 17.3 Å². The maximum Gasteiger partial charge on any atom is 0.271 e. The largest absolute Gasteiger partial charge is 0.360 e. The van der Waals surface area contributed by atoms with Gasteiger partial charge in [0.05, 0.1) is 12.7 Å². The summed E-state index contributed by atoms with van der Waals surface area (Å²) in [6.07, 6.45) is 7.04. The Hall–Kier alpha value is -2.81. The van der Waals surface area contributed by atoms with Crippen LogP contribution in [0.3, 0.4) is 0 Å². The van der Waals surface area contributed by atoms with Crippen LogP contribution in [0.25, 0.3) is 0 Å². The van der Waals surface area contributed by atoms with Crippen molar-refractivity contribution in [2.24, 2.45) is 0 Å². The highest BCUT2D eigenvalue weighted by Crippen LogP contribution is 2.12. The van der Waals surface area contributed by atoms with Crippen molar-refractivity contribution in [2.45, 2.75) is 32.2 Å². The maximum atomic E-state index is 12.2. The third kappa shape index (κ3) is 5.09. The highest BCUT2D eigenvalue weighted by atomic mass is 16.5. The van der Waals surface area contributed by atoms with E-state index in [-0.39, 0.29) is 24.4 Å². The minimum absolute atomic E-state index is 0.0655. The molecule has 2 amide bonds. The third-order valence-electron chi connectivity index (χ3n) is 4.21. The zero-order chi connectivity index (χ0) is 18.4. The minimum Gasteiger partial charge on any atom is -0.360 e. The van der Waals surface area contributed by atoms with Crippen molar-refractivity contribution in [3.05, 3.63) is 36.1 Å². The van der Waals surface area contributed by atoms with Crippen LogP contribution in [-0.2, 0) is 4.79 Å². The van der Waals surface area contributed by atoms with Crippen LogP contribution in [0.5, 0.6) is 0 Å². The highest BCUT2D eigenvalue weighted by molar-refractivity contribution is 5.92. The van der Waals surface area contributed by atoms with E-state index >= 15 is 0 Å². The predicted octanol–water partition coefficient (Wildman–Crippen LogP) is 0.996. The summed E-state index contributed by atoms with van der Waals surface area (Å²) < 4.78 is 4.93. The topological polar surface area (TPSA) is 113 Å². The highest BCUT2D eigenvalue weighted by Gasteiger charge is 2.21. The first-order valence-electron chi connectivity index (χ1n) is 8.62. The molecular weight excluding hydrogens is 336 g/mol. The SMILES string of the molecule is Cc1cc(NC(=O)CN2CCC[C@@H](NC(=O)c3cnccn3)CC2)no1. The van der Waals surface area contributed by atoms with E-state index in [9.17, 15) is 9.59 Å². The molecule has 9 nitrogen and oxygen atoms in total. The molecule has 0 radical (unpaired) electrons. The molecule has 0 saturated carbocycles. The van der Waals surface area contributed by atoms with Crippen LogP contribution < -0.4 is 10.6 Å². The van der Waals surface area contributed by atoms with Crippen LogP contribution in [0.2, 0.25) is 0 Å². The molecule has 0 aromatic carbocycles. The molecule has 1 saturated heterocycles. The fraction of sp³-hybridized carbons (Fsp3) is 0.471. The zero-order valence-corrected chi connectivity index (χ0v) is 14.6. The molecule has 138 valence electrons. The van der Waals surface area contributed by atoms with Gasteiger partial charge in [-0.2, -0.15) is 0 Å². The van der Waals surface area contributed by atoms with E-state index in [1.807, 2.05) is 0 Å². The molecule has 1 aliphatic heterocycles. The van der Waals surface area contributed by atoms with Gasteiger partial charge in [-0.15, -0.1) is 0 Å². The lowest BCUT2D eigenvalue weighted by Crippen LogP contribution is -2.37. The van der Waals surface area contributed by atoms with E-state index < -0.39 is 0 Å².